The second-order valence-electron chi connectivity index (χ2n) is 5.78. The highest BCUT2D eigenvalue weighted by molar-refractivity contribution is 7.80. The quantitative estimate of drug-likeness (QED) is 0.238. The van der Waals surface area contributed by atoms with Crippen molar-refractivity contribution >= 4 is 52.2 Å². The van der Waals surface area contributed by atoms with Gasteiger partial charge in [0.1, 0.15) is 0 Å². The highest BCUT2D eigenvalue weighted by atomic mass is 32.1. The number of urea groups is 2. The average molecular weight is 400 g/mol. The van der Waals surface area contributed by atoms with Gasteiger partial charge >= 0.3 is 12.1 Å². The van der Waals surface area contributed by atoms with Gasteiger partial charge in [-0.25, -0.2) is 20.5 Å². The molecule has 0 aromatic heterocycles. The zero-order valence-electron chi connectivity index (χ0n) is 14.3. The first-order chi connectivity index (χ1) is 13.4. The van der Waals surface area contributed by atoms with Crippen LogP contribution in [-0.4, -0.2) is 28.2 Å². The lowest BCUT2D eigenvalue weighted by molar-refractivity contribution is 0.0927. The molecule has 28 heavy (non-hydrogen) atoms. The second kappa shape index (κ2) is 8.33. The minimum absolute atomic E-state index is 0.186. The topological polar surface area (TPSA) is 144 Å². The van der Waals surface area contributed by atoms with Crippen LogP contribution in [0.3, 0.4) is 0 Å². The van der Waals surface area contributed by atoms with E-state index >= 15 is 0 Å². The Kier molecular flexibility index (Phi) is 5.67. The first-order valence-corrected chi connectivity index (χ1v) is 8.46. The number of hydrogen-bond acceptors (Lipinski definition) is 5. The van der Waals surface area contributed by atoms with Crippen LogP contribution < -0.4 is 32.3 Å². The van der Waals surface area contributed by atoms with Gasteiger partial charge in [-0.05, 0) is 35.9 Å². The third-order valence-electron chi connectivity index (χ3n) is 3.77. The van der Waals surface area contributed by atoms with Crippen molar-refractivity contribution in [2.45, 2.75) is 6.42 Å². The summed E-state index contributed by atoms with van der Waals surface area (Å²) in [5.74, 6) is -0.631. The molecular formula is C17H16N6O4S. The predicted octanol–water partition coefficient (Wildman–Crippen LogP) is 1.96. The molecule has 10 nitrogen and oxygen atoms in total. The number of fused-ring (bicyclic) bond motifs is 1. The molecule has 0 fully saturated rings. The van der Waals surface area contributed by atoms with Crippen LogP contribution in [0.1, 0.15) is 15.9 Å². The molecule has 5 amide bonds. The van der Waals surface area contributed by atoms with Crippen LogP contribution in [0.25, 0.3) is 0 Å². The SMILES string of the molecule is O=C(NO)NNC(=O)c1cccc(NC(=O)Nc2ccc3c(c2)NC(=S)C3)c1. The summed E-state index contributed by atoms with van der Waals surface area (Å²) in [6, 6.07) is 10.1. The number of amides is 5. The van der Waals surface area contributed by atoms with Gasteiger partial charge in [0, 0.05) is 29.0 Å². The Hall–Kier alpha value is -3.70. The summed E-state index contributed by atoms with van der Waals surface area (Å²) in [7, 11) is 0. The van der Waals surface area contributed by atoms with Gasteiger partial charge in [-0.15, -0.1) is 0 Å². The molecule has 0 atom stereocenters. The monoisotopic (exact) mass is 400 g/mol. The van der Waals surface area contributed by atoms with Crippen molar-refractivity contribution in [1.29, 1.82) is 0 Å². The van der Waals surface area contributed by atoms with E-state index in [2.05, 4.69) is 21.4 Å². The maximum atomic E-state index is 12.2. The number of hydroxylamine groups is 1. The number of carbonyl (C=O) groups is 3. The molecule has 3 rings (SSSR count). The fourth-order valence-corrected chi connectivity index (χ4v) is 2.80. The van der Waals surface area contributed by atoms with Crippen LogP contribution in [0.2, 0.25) is 0 Å². The third kappa shape index (κ3) is 4.72. The van der Waals surface area contributed by atoms with E-state index in [1.165, 1.54) is 17.6 Å². The van der Waals surface area contributed by atoms with E-state index in [0.717, 1.165) is 16.2 Å². The first kappa shape index (κ1) is 19.1. The molecule has 1 aliphatic heterocycles. The number of benzene rings is 2. The zero-order valence-corrected chi connectivity index (χ0v) is 15.1. The lowest BCUT2D eigenvalue weighted by Crippen LogP contribution is -2.46. The van der Waals surface area contributed by atoms with E-state index in [-0.39, 0.29) is 5.56 Å². The molecule has 7 N–H and O–H groups in total. The van der Waals surface area contributed by atoms with Crippen LogP contribution in [-0.2, 0) is 6.42 Å². The number of hydrazine groups is 1. The van der Waals surface area contributed by atoms with Crippen molar-refractivity contribution < 1.29 is 19.6 Å². The van der Waals surface area contributed by atoms with Crippen LogP contribution in [0, 0.1) is 0 Å². The number of anilines is 3. The zero-order chi connectivity index (χ0) is 20.1. The molecule has 0 spiro atoms. The standard InChI is InChI=1S/C17H16N6O4S/c24-15(21-22-17(26)23-27)10-2-1-3-11(6-10)18-16(25)19-12-5-4-9-7-14(28)20-13(9)8-12/h1-6,8,27H,7H2,(H,20,28)(H,21,24)(H2,18,19,25)(H2,22,23,26). The molecular weight excluding hydrogens is 384 g/mol. The summed E-state index contributed by atoms with van der Waals surface area (Å²) in [5, 5.41) is 16.8. The highest BCUT2D eigenvalue weighted by Gasteiger charge is 2.15. The van der Waals surface area contributed by atoms with Gasteiger partial charge in [-0.1, -0.05) is 24.4 Å². The maximum Gasteiger partial charge on any atom is 0.357 e. The van der Waals surface area contributed by atoms with E-state index < -0.39 is 18.0 Å². The molecule has 0 aliphatic carbocycles. The lowest BCUT2D eigenvalue weighted by atomic mass is 10.1. The normalized spacial score (nSPS) is 11.7. The number of rotatable bonds is 3. The Morgan fingerprint density at radius 3 is 2.46 bits per heavy atom. The van der Waals surface area contributed by atoms with Gasteiger partial charge in [-0.3, -0.25) is 15.4 Å². The molecule has 1 heterocycles. The van der Waals surface area contributed by atoms with Crippen LogP contribution in [0.5, 0.6) is 0 Å². The van der Waals surface area contributed by atoms with E-state index in [1.54, 1.807) is 24.3 Å². The Morgan fingerprint density at radius 1 is 0.964 bits per heavy atom. The highest BCUT2D eigenvalue weighted by Crippen LogP contribution is 2.27. The van der Waals surface area contributed by atoms with E-state index in [9.17, 15) is 14.4 Å². The van der Waals surface area contributed by atoms with Crippen molar-refractivity contribution in [3.63, 3.8) is 0 Å². The molecule has 0 unspecified atom stereocenters. The largest absolute Gasteiger partial charge is 0.357 e. The lowest BCUT2D eigenvalue weighted by Gasteiger charge is -2.10. The minimum Gasteiger partial charge on any atom is -0.349 e. The second-order valence-corrected chi connectivity index (χ2v) is 6.27. The minimum atomic E-state index is -0.994. The molecule has 0 saturated carbocycles. The molecule has 2 aromatic rings. The number of hydrogen-bond donors (Lipinski definition) is 7. The molecule has 0 saturated heterocycles. The molecule has 2 aromatic carbocycles. The van der Waals surface area contributed by atoms with Crippen molar-refractivity contribution in [2.24, 2.45) is 0 Å². The van der Waals surface area contributed by atoms with Gasteiger partial charge in [0.15, 0.2) is 0 Å². The van der Waals surface area contributed by atoms with Gasteiger partial charge in [0.05, 0.1) is 4.99 Å². The van der Waals surface area contributed by atoms with Gasteiger partial charge in [-0.2, -0.15) is 0 Å². The molecule has 1 aliphatic rings. The third-order valence-corrected chi connectivity index (χ3v) is 4.01. The summed E-state index contributed by atoms with van der Waals surface area (Å²) in [6.45, 7) is 0. The number of carbonyl (C=O) groups excluding carboxylic acids is 3. The van der Waals surface area contributed by atoms with E-state index in [0.29, 0.717) is 17.8 Å². The van der Waals surface area contributed by atoms with Crippen LogP contribution in [0.4, 0.5) is 26.7 Å². The van der Waals surface area contributed by atoms with Crippen molar-refractivity contribution in [1.82, 2.24) is 16.3 Å². The maximum absolute atomic E-state index is 12.2. The molecule has 11 heteroatoms. The van der Waals surface area contributed by atoms with Crippen molar-refractivity contribution in [3.05, 3.63) is 53.6 Å². The molecule has 0 radical (unpaired) electrons. The van der Waals surface area contributed by atoms with Crippen LogP contribution in [0.15, 0.2) is 42.5 Å². The fourth-order valence-electron chi connectivity index (χ4n) is 2.54. The predicted molar refractivity (Wildman–Crippen MR) is 106 cm³/mol. The first-order valence-electron chi connectivity index (χ1n) is 8.06. The summed E-state index contributed by atoms with van der Waals surface area (Å²) >= 11 is 5.13. The molecule has 0 bridgehead atoms. The Labute approximate surface area is 164 Å². The Bertz CT molecular complexity index is 964. The average Bonchev–Trinajstić information content (AvgIpc) is 3.05. The Morgan fingerprint density at radius 2 is 1.71 bits per heavy atom. The smallest absolute Gasteiger partial charge is 0.349 e. The van der Waals surface area contributed by atoms with Crippen molar-refractivity contribution in [2.75, 3.05) is 16.0 Å². The Balaban J connectivity index is 1.60. The van der Waals surface area contributed by atoms with Gasteiger partial charge in [0.2, 0.25) is 0 Å². The van der Waals surface area contributed by atoms with Crippen LogP contribution >= 0.6 is 12.2 Å². The van der Waals surface area contributed by atoms with Gasteiger partial charge in [0.25, 0.3) is 5.91 Å². The van der Waals surface area contributed by atoms with E-state index in [1.807, 2.05) is 11.5 Å². The fraction of sp³-hybridized carbons (Fsp3) is 0.0588. The molecule has 144 valence electrons. The summed E-state index contributed by atoms with van der Waals surface area (Å²) in [6.07, 6.45) is 0.681. The van der Waals surface area contributed by atoms with Gasteiger partial charge < -0.3 is 16.0 Å². The van der Waals surface area contributed by atoms with E-state index in [4.69, 9.17) is 17.4 Å². The number of thiocarbonyl (C=S) groups is 1. The summed E-state index contributed by atoms with van der Waals surface area (Å²) < 4.78 is 0. The number of nitrogens with one attached hydrogen (secondary N) is 6. The summed E-state index contributed by atoms with van der Waals surface area (Å²) in [4.78, 5) is 35.8. The van der Waals surface area contributed by atoms with Crippen molar-refractivity contribution in [3.8, 4) is 0 Å². The summed E-state index contributed by atoms with van der Waals surface area (Å²) in [5.41, 5.74) is 8.41.